The van der Waals surface area contributed by atoms with Crippen LogP contribution in [-0.4, -0.2) is 32.9 Å². The zero-order valence-corrected chi connectivity index (χ0v) is 9.43. The molecule has 1 aromatic rings. The number of aliphatic hydroxyl groups excluding tert-OH is 1. The molecule has 1 N–H and O–H groups in total. The van der Waals surface area contributed by atoms with E-state index in [1.807, 2.05) is 0 Å². The molecule has 90 valence electrons. The number of hydrogen-bond acceptors (Lipinski definition) is 5. The molecule has 0 fully saturated rings. The van der Waals surface area contributed by atoms with Crippen LogP contribution in [0.1, 0.15) is 5.56 Å². The summed E-state index contributed by atoms with van der Waals surface area (Å²) in [4.78, 5) is 0. The van der Waals surface area contributed by atoms with Crippen molar-refractivity contribution in [1.29, 1.82) is 0 Å². The van der Waals surface area contributed by atoms with Gasteiger partial charge in [0, 0.05) is 18.7 Å². The summed E-state index contributed by atoms with van der Waals surface area (Å²) >= 11 is 0. The summed E-state index contributed by atoms with van der Waals surface area (Å²) in [6, 6.07) is 5.18. The standard InChI is InChI=1S/C11H16O5/c1-13-7-15-8-16-10-4-3-9(6-12)11(5-10)14-2/h3-5,12H,6-8H2,1-2H3. The Morgan fingerprint density at radius 2 is 2.00 bits per heavy atom. The zero-order chi connectivity index (χ0) is 11.8. The van der Waals surface area contributed by atoms with Gasteiger partial charge in [-0.3, -0.25) is 0 Å². The molecule has 0 saturated heterocycles. The molecule has 5 nitrogen and oxygen atoms in total. The minimum atomic E-state index is -0.0658. The Bertz CT molecular complexity index is 313. The van der Waals surface area contributed by atoms with Gasteiger partial charge in [0.2, 0.25) is 0 Å². The van der Waals surface area contributed by atoms with Gasteiger partial charge < -0.3 is 24.1 Å². The Hall–Kier alpha value is -1.30. The van der Waals surface area contributed by atoms with Crippen LogP contribution in [0.4, 0.5) is 0 Å². The predicted octanol–water partition coefficient (Wildman–Crippen LogP) is 1.14. The Morgan fingerprint density at radius 1 is 1.19 bits per heavy atom. The van der Waals surface area contributed by atoms with Gasteiger partial charge in [0.15, 0.2) is 6.79 Å². The van der Waals surface area contributed by atoms with Gasteiger partial charge in [-0.05, 0) is 12.1 Å². The van der Waals surface area contributed by atoms with Crippen molar-refractivity contribution in [2.45, 2.75) is 6.61 Å². The van der Waals surface area contributed by atoms with Crippen LogP contribution < -0.4 is 9.47 Å². The summed E-state index contributed by atoms with van der Waals surface area (Å²) < 4.78 is 20.1. The predicted molar refractivity (Wildman–Crippen MR) is 57.4 cm³/mol. The molecule has 0 aliphatic rings. The number of benzene rings is 1. The maximum Gasteiger partial charge on any atom is 0.191 e. The number of methoxy groups -OCH3 is 2. The van der Waals surface area contributed by atoms with Crippen molar-refractivity contribution in [1.82, 2.24) is 0 Å². The molecule has 1 rings (SSSR count). The average molecular weight is 228 g/mol. The maximum absolute atomic E-state index is 9.02. The molecule has 0 aliphatic carbocycles. The third kappa shape index (κ3) is 3.69. The van der Waals surface area contributed by atoms with Crippen LogP contribution in [0.3, 0.4) is 0 Å². The zero-order valence-electron chi connectivity index (χ0n) is 9.43. The van der Waals surface area contributed by atoms with E-state index < -0.39 is 0 Å². The lowest BCUT2D eigenvalue weighted by atomic mass is 10.2. The molecule has 0 spiro atoms. The van der Waals surface area contributed by atoms with Gasteiger partial charge in [-0.25, -0.2) is 0 Å². The van der Waals surface area contributed by atoms with Crippen molar-refractivity contribution < 1.29 is 24.1 Å². The second kappa shape index (κ2) is 7.05. The minimum absolute atomic E-state index is 0.0658. The minimum Gasteiger partial charge on any atom is -0.496 e. The highest BCUT2D eigenvalue weighted by Gasteiger charge is 2.03. The number of hydrogen-bond donors (Lipinski definition) is 1. The Balaban J connectivity index is 2.54. The van der Waals surface area contributed by atoms with Crippen LogP contribution in [0.2, 0.25) is 0 Å². The second-order valence-electron chi connectivity index (χ2n) is 3.00. The summed E-state index contributed by atoms with van der Waals surface area (Å²) in [5.41, 5.74) is 0.715. The van der Waals surface area contributed by atoms with E-state index >= 15 is 0 Å². The van der Waals surface area contributed by atoms with E-state index in [4.69, 9.17) is 24.1 Å². The molecular formula is C11H16O5. The van der Waals surface area contributed by atoms with Crippen LogP contribution in [-0.2, 0) is 16.1 Å². The highest BCUT2D eigenvalue weighted by atomic mass is 16.7. The molecule has 0 unspecified atom stereocenters. The summed E-state index contributed by atoms with van der Waals surface area (Å²) in [6.45, 7) is 0.227. The van der Waals surface area contributed by atoms with Crippen molar-refractivity contribution in [3.63, 3.8) is 0 Å². The van der Waals surface area contributed by atoms with Crippen LogP contribution in [0.25, 0.3) is 0 Å². The topological polar surface area (TPSA) is 57.2 Å². The lowest BCUT2D eigenvalue weighted by Crippen LogP contribution is -2.05. The molecule has 5 heteroatoms. The van der Waals surface area contributed by atoms with Crippen LogP contribution in [0, 0.1) is 0 Å². The van der Waals surface area contributed by atoms with Crippen molar-refractivity contribution in [2.24, 2.45) is 0 Å². The number of ether oxygens (including phenoxy) is 4. The summed E-state index contributed by atoms with van der Waals surface area (Å²) in [5.74, 6) is 1.21. The van der Waals surface area contributed by atoms with Crippen molar-refractivity contribution in [3.05, 3.63) is 23.8 Å². The first-order chi connectivity index (χ1) is 7.81. The van der Waals surface area contributed by atoms with E-state index in [-0.39, 0.29) is 20.2 Å². The van der Waals surface area contributed by atoms with Crippen LogP contribution >= 0.6 is 0 Å². The smallest absolute Gasteiger partial charge is 0.191 e. The fraction of sp³-hybridized carbons (Fsp3) is 0.455. The monoisotopic (exact) mass is 228 g/mol. The number of aliphatic hydroxyl groups is 1. The lowest BCUT2D eigenvalue weighted by Gasteiger charge is -2.10. The van der Waals surface area contributed by atoms with E-state index in [2.05, 4.69) is 0 Å². The van der Waals surface area contributed by atoms with Gasteiger partial charge in [0.05, 0.1) is 13.7 Å². The average Bonchev–Trinajstić information content (AvgIpc) is 2.34. The summed E-state index contributed by atoms with van der Waals surface area (Å²) in [6.07, 6.45) is 0. The first kappa shape index (κ1) is 12.8. The van der Waals surface area contributed by atoms with Crippen molar-refractivity contribution in [3.8, 4) is 11.5 Å². The molecular weight excluding hydrogens is 212 g/mol. The van der Waals surface area contributed by atoms with Gasteiger partial charge in [0.25, 0.3) is 0 Å². The molecule has 1 aromatic carbocycles. The first-order valence-electron chi connectivity index (χ1n) is 4.79. The van der Waals surface area contributed by atoms with E-state index in [9.17, 15) is 0 Å². The Morgan fingerprint density at radius 3 is 2.62 bits per heavy atom. The van der Waals surface area contributed by atoms with E-state index in [0.29, 0.717) is 17.1 Å². The summed E-state index contributed by atoms with van der Waals surface area (Å²) in [5, 5.41) is 9.02. The fourth-order valence-corrected chi connectivity index (χ4v) is 1.17. The molecule has 16 heavy (non-hydrogen) atoms. The van der Waals surface area contributed by atoms with Gasteiger partial charge >= 0.3 is 0 Å². The molecule has 0 heterocycles. The molecule has 0 bridgehead atoms. The highest BCUT2D eigenvalue weighted by molar-refractivity contribution is 5.40. The highest BCUT2D eigenvalue weighted by Crippen LogP contribution is 2.24. The SMILES string of the molecule is COCOCOc1ccc(CO)c(OC)c1. The Kier molecular flexibility index (Phi) is 5.63. The second-order valence-corrected chi connectivity index (χ2v) is 3.00. The van der Waals surface area contributed by atoms with Gasteiger partial charge in [-0.1, -0.05) is 0 Å². The molecule has 0 radical (unpaired) electrons. The maximum atomic E-state index is 9.02. The Labute approximate surface area is 94.5 Å². The number of rotatable bonds is 7. The molecule has 0 aromatic heterocycles. The quantitative estimate of drug-likeness (QED) is 0.560. The van der Waals surface area contributed by atoms with Gasteiger partial charge in [-0.15, -0.1) is 0 Å². The summed E-state index contributed by atoms with van der Waals surface area (Å²) in [7, 11) is 3.08. The van der Waals surface area contributed by atoms with Crippen LogP contribution in [0.5, 0.6) is 11.5 Å². The fourth-order valence-electron chi connectivity index (χ4n) is 1.17. The lowest BCUT2D eigenvalue weighted by molar-refractivity contribution is -0.0835. The van der Waals surface area contributed by atoms with E-state index in [1.54, 1.807) is 32.4 Å². The molecule has 0 atom stereocenters. The molecule has 0 amide bonds. The third-order valence-electron chi connectivity index (χ3n) is 1.94. The van der Waals surface area contributed by atoms with Crippen molar-refractivity contribution >= 4 is 0 Å². The largest absolute Gasteiger partial charge is 0.496 e. The van der Waals surface area contributed by atoms with Gasteiger partial charge in [-0.2, -0.15) is 0 Å². The first-order valence-corrected chi connectivity index (χ1v) is 4.79. The van der Waals surface area contributed by atoms with E-state index in [1.165, 1.54) is 0 Å². The molecule has 0 saturated carbocycles. The van der Waals surface area contributed by atoms with E-state index in [0.717, 1.165) is 0 Å². The van der Waals surface area contributed by atoms with Gasteiger partial charge in [0.1, 0.15) is 18.3 Å². The van der Waals surface area contributed by atoms with Crippen LogP contribution in [0.15, 0.2) is 18.2 Å². The third-order valence-corrected chi connectivity index (χ3v) is 1.94. The normalized spacial score (nSPS) is 10.2. The molecule has 0 aliphatic heterocycles. The van der Waals surface area contributed by atoms with Crippen molar-refractivity contribution in [2.75, 3.05) is 27.8 Å².